The monoisotopic (exact) mass is 286 g/mol. The van der Waals surface area contributed by atoms with Crippen molar-refractivity contribution in [3.63, 3.8) is 0 Å². The molecule has 0 spiro atoms. The molecular weight excluding hydrogens is 271 g/mol. The van der Waals surface area contributed by atoms with Crippen LogP contribution < -0.4 is 5.73 Å². The highest BCUT2D eigenvalue weighted by molar-refractivity contribution is 6.31. The zero-order chi connectivity index (χ0) is 14.0. The molecule has 19 heavy (non-hydrogen) atoms. The number of rotatable bonds is 3. The first kappa shape index (κ1) is 14.2. The topological polar surface area (TPSA) is 66.6 Å². The molecule has 1 heterocycles. The highest BCUT2D eigenvalue weighted by atomic mass is 35.5. The number of benzene rings is 1. The first-order valence-corrected chi connectivity index (χ1v) is 6.47. The lowest BCUT2D eigenvalue weighted by Crippen LogP contribution is -2.55. The number of hydrogen-bond donors (Lipinski definition) is 2. The maximum Gasteiger partial charge on any atom is 0.250 e. The molecule has 1 amide bonds. The molecular formula is C13H16ClFN2O2. The molecule has 1 aliphatic rings. The lowest BCUT2D eigenvalue weighted by atomic mass is 9.92. The largest absolute Gasteiger partial charge is 0.379 e. The third kappa shape index (κ3) is 3.23. The second kappa shape index (κ2) is 5.45. The van der Waals surface area contributed by atoms with Gasteiger partial charge in [-0.2, -0.15) is 0 Å². The van der Waals surface area contributed by atoms with Crippen LogP contribution in [-0.2, 0) is 11.3 Å². The number of likely N-dealkylation sites (tertiary alicyclic amines) is 1. The standard InChI is InChI=1S/C13H16ClFN2O2/c14-11-3-2-10(15)6-9(11)7-17-5-1-4-13(19,8-17)12(16)18/h2-3,6,19H,1,4-5,7-8H2,(H2,16,18). The van der Waals surface area contributed by atoms with Gasteiger partial charge in [0.1, 0.15) is 5.82 Å². The molecule has 0 radical (unpaired) electrons. The van der Waals surface area contributed by atoms with Crippen LogP contribution in [0.2, 0.25) is 5.02 Å². The van der Waals surface area contributed by atoms with Gasteiger partial charge in [0.25, 0.3) is 5.91 Å². The van der Waals surface area contributed by atoms with E-state index in [0.29, 0.717) is 36.5 Å². The van der Waals surface area contributed by atoms with Crippen LogP contribution in [0.1, 0.15) is 18.4 Å². The Kier molecular flexibility index (Phi) is 4.08. The van der Waals surface area contributed by atoms with Gasteiger partial charge in [0.15, 0.2) is 5.60 Å². The van der Waals surface area contributed by atoms with Crippen LogP contribution in [0.4, 0.5) is 4.39 Å². The molecule has 0 bridgehead atoms. The summed E-state index contributed by atoms with van der Waals surface area (Å²) in [6, 6.07) is 4.15. The Balaban J connectivity index is 2.11. The molecule has 1 unspecified atom stereocenters. The molecule has 4 nitrogen and oxygen atoms in total. The fourth-order valence-electron chi connectivity index (χ4n) is 2.36. The lowest BCUT2D eigenvalue weighted by molar-refractivity contribution is -0.142. The number of nitrogens with two attached hydrogens (primary N) is 1. The van der Waals surface area contributed by atoms with Gasteiger partial charge in [-0.05, 0) is 43.1 Å². The molecule has 104 valence electrons. The summed E-state index contributed by atoms with van der Waals surface area (Å²) in [6.45, 7) is 1.24. The number of aliphatic hydroxyl groups is 1. The molecule has 1 aliphatic heterocycles. The summed E-state index contributed by atoms with van der Waals surface area (Å²) in [5.74, 6) is -1.08. The Morgan fingerprint density at radius 2 is 2.32 bits per heavy atom. The van der Waals surface area contributed by atoms with E-state index in [1.807, 2.05) is 4.90 Å². The van der Waals surface area contributed by atoms with Crippen molar-refractivity contribution in [2.24, 2.45) is 5.73 Å². The van der Waals surface area contributed by atoms with E-state index < -0.39 is 11.5 Å². The number of amides is 1. The first-order chi connectivity index (χ1) is 8.90. The summed E-state index contributed by atoms with van der Waals surface area (Å²) in [6.07, 6.45) is 1.02. The fourth-order valence-corrected chi connectivity index (χ4v) is 2.54. The van der Waals surface area contributed by atoms with Crippen molar-refractivity contribution in [2.75, 3.05) is 13.1 Å². The number of piperidine rings is 1. The third-order valence-corrected chi connectivity index (χ3v) is 3.78. The van der Waals surface area contributed by atoms with Crippen LogP contribution in [0.3, 0.4) is 0 Å². The van der Waals surface area contributed by atoms with Gasteiger partial charge in [-0.3, -0.25) is 9.69 Å². The number of hydrogen-bond acceptors (Lipinski definition) is 3. The smallest absolute Gasteiger partial charge is 0.250 e. The average Bonchev–Trinajstić information content (AvgIpc) is 2.34. The van der Waals surface area contributed by atoms with Crippen molar-refractivity contribution in [3.05, 3.63) is 34.6 Å². The summed E-state index contributed by atoms with van der Waals surface area (Å²) in [7, 11) is 0. The first-order valence-electron chi connectivity index (χ1n) is 6.09. The molecule has 0 saturated carbocycles. The van der Waals surface area contributed by atoms with Crippen molar-refractivity contribution in [1.29, 1.82) is 0 Å². The highest BCUT2D eigenvalue weighted by Crippen LogP contribution is 2.25. The van der Waals surface area contributed by atoms with E-state index in [4.69, 9.17) is 17.3 Å². The van der Waals surface area contributed by atoms with Gasteiger partial charge in [0, 0.05) is 18.1 Å². The summed E-state index contributed by atoms with van der Waals surface area (Å²) in [4.78, 5) is 13.1. The van der Waals surface area contributed by atoms with E-state index >= 15 is 0 Å². The summed E-state index contributed by atoms with van der Waals surface area (Å²) in [5, 5.41) is 10.6. The summed E-state index contributed by atoms with van der Waals surface area (Å²) >= 11 is 6.00. The summed E-state index contributed by atoms with van der Waals surface area (Å²) < 4.78 is 13.2. The maximum atomic E-state index is 13.2. The highest BCUT2D eigenvalue weighted by Gasteiger charge is 2.38. The molecule has 3 N–H and O–H groups in total. The quantitative estimate of drug-likeness (QED) is 0.880. The van der Waals surface area contributed by atoms with Crippen molar-refractivity contribution in [2.45, 2.75) is 25.0 Å². The van der Waals surface area contributed by atoms with E-state index in [-0.39, 0.29) is 12.4 Å². The normalized spacial score (nSPS) is 24.4. The maximum absolute atomic E-state index is 13.2. The van der Waals surface area contributed by atoms with Crippen LogP contribution in [0.25, 0.3) is 0 Å². The fraction of sp³-hybridized carbons (Fsp3) is 0.462. The number of carbonyl (C=O) groups is 1. The molecule has 1 atom stereocenters. The molecule has 1 saturated heterocycles. The lowest BCUT2D eigenvalue weighted by Gasteiger charge is -2.37. The van der Waals surface area contributed by atoms with Crippen LogP contribution in [-0.4, -0.2) is 34.6 Å². The zero-order valence-corrected chi connectivity index (χ0v) is 11.2. The number of β-amino-alcohol motifs (C(OH)–C–C–N with tert-alkyl or cyclic N) is 1. The van der Waals surface area contributed by atoms with E-state index in [9.17, 15) is 14.3 Å². The van der Waals surface area contributed by atoms with E-state index in [1.165, 1.54) is 18.2 Å². The van der Waals surface area contributed by atoms with Gasteiger partial charge in [-0.15, -0.1) is 0 Å². The Morgan fingerprint density at radius 3 is 3.00 bits per heavy atom. The number of halogens is 2. The molecule has 6 heteroatoms. The van der Waals surface area contributed by atoms with Gasteiger partial charge in [-0.25, -0.2) is 4.39 Å². The second-order valence-corrected chi connectivity index (χ2v) is 5.35. The van der Waals surface area contributed by atoms with Gasteiger partial charge in [0.05, 0.1) is 0 Å². The number of nitrogens with zero attached hydrogens (tertiary/aromatic N) is 1. The number of carbonyl (C=O) groups excluding carboxylic acids is 1. The molecule has 0 aromatic heterocycles. The molecule has 2 rings (SSSR count). The third-order valence-electron chi connectivity index (χ3n) is 3.41. The van der Waals surface area contributed by atoms with Crippen LogP contribution in [0.5, 0.6) is 0 Å². The van der Waals surface area contributed by atoms with E-state index in [1.54, 1.807) is 0 Å². The zero-order valence-electron chi connectivity index (χ0n) is 10.4. The minimum atomic E-state index is -1.50. The summed E-state index contributed by atoms with van der Waals surface area (Å²) in [5.41, 5.74) is 4.34. The Labute approximate surface area is 116 Å². The van der Waals surface area contributed by atoms with Crippen molar-refractivity contribution >= 4 is 17.5 Å². The van der Waals surface area contributed by atoms with Crippen LogP contribution >= 0.6 is 11.6 Å². The van der Waals surface area contributed by atoms with E-state index in [0.717, 1.165) is 0 Å². The van der Waals surface area contributed by atoms with Gasteiger partial charge in [-0.1, -0.05) is 11.6 Å². The minimum absolute atomic E-state index is 0.148. The average molecular weight is 287 g/mol. The molecule has 0 aliphatic carbocycles. The molecule has 1 aromatic rings. The van der Waals surface area contributed by atoms with Gasteiger partial charge in [0.2, 0.25) is 0 Å². The van der Waals surface area contributed by atoms with E-state index in [2.05, 4.69) is 0 Å². The Bertz CT molecular complexity index is 498. The Morgan fingerprint density at radius 1 is 1.58 bits per heavy atom. The predicted octanol–water partition coefficient (Wildman–Crippen LogP) is 1.29. The van der Waals surface area contributed by atoms with Crippen molar-refractivity contribution < 1.29 is 14.3 Å². The van der Waals surface area contributed by atoms with Crippen LogP contribution in [0.15, 0.2) is 18.2 Å². The van der Waals surface area contributed by atoms with Crippen molar-refractivity contribution in [3.8, 4) is 0 Å². The van der Waals surface area contributed by atoms with Gasteiger partial charge >= 0.3 is 0 Å². The van der Waals surface area contributed by atoms with Gasteiger partial charge < -0.3 is 10.8 Å². The molecule has 1 fully saturated rings. The molecule has 1 aromatic carbocycles. The van der Waals surface area contributed by atoms with Crippen LogP contribution in [0, 0.1) is 5.82 Å². The predicted molar refractivity (Wildman–Crippen MR) is 70.1 cm³/mol. The number of primary amides is 1. The minimum Gasteiger partial charge on any atom is -0.379 e. The Hall–Kier alpha value is -1.17. The van der Waals surface area contributed by atoms with Crippen molar-refractivity contribution in [1.82, 2.24) is 4.90 Å². The second-order valence-electron chi connectivity index (χ2n) is 4.95. The SMILES string of the molecule is NC(=O)C1(O)CCCN(Cc2cc(F)ccc2Cl)C1.